The maximum atomic E-state index is 13.1. The summed E-state index contributed by atoms with van der Waals surface area (Å²) in [4.78, 5) is 19.4. The molecule has 5 nitrogen and oxygen atoms in total. The van der Waals surface area contributed by atoms with Crippen LogP contribution in [0.25, 0.3) is 0 Å². The highest BCUT2D eigenvalue weighted by Crippen LogP contribution is 2.30. The Morgan fingerprint density at radius 1 is 1.14 bits per heavy atom. The number of carbonyl (C=O) groups excluding carboxylic acids is 1. The predicted molar refractivity (Wildman–Crippen MR) is 118 cm³/mol. The average molecular weight is 396 g/mol. The van der Waals surface area contributed by atoms with Crippen molar-refractivity contribution in [3.8, 4) is 0 Å². The summed E-state index contributed by atoms with van der Waals surface area (Å²) in [5, 5.41) is 9.96. The van der Waals surface area contributed by atoms with Crippen molar-refractivity contribution in [2.24, 2.45) is 0 Å². The number of hydrogen-bond donors (Lipinski definition) is 1. The van der Waals surface area contributed by atoms with Gasteiger partial charge in [0.05, 0.1) is 17.7 Å². The van der Waals surface area contributed by atoms with Gasteiger partial charge in [0.1, 0.15) is 0 Å². The van der Waals surface area contributed by atoms with Crippen LogP contribution in [-0.4, -0.2) is 67.2 Å². The number of anilines is 1. The third-order valence-corrected chi connectivity index (χ3v) is 5.75. The van der Waals surface area contributed by atoms with E-state index < -0.39 is 0 Å². The number of nitrogens with zero attached hydrogens (tertiary/aromatic N) is 3. The molecule has 1 aliphatic heterocycles. The Hall–Kier alpha value is -2.37. The summed E-state index contributed by atoms with van der Waals surface area (Å²) < 4.78 is 0. The molecular weight excluding hydrogens is 362 g/mol. The Labute approximate surface area is 174 Å². The summed E-state index contributed by atoms with van der Waals surface area (Å²) in [5.41, 5.74) is 2.88. The average Bonchev–Trinajstić information content (AvgIpc) is 3.16. The molecule has 0 aliphatic carbocycles. The quantitative estimate of drug-likeness (QED) is 0.744. The van der Waals surface area contributed by atoms with Gasteiger partial charge in [0.15, 0.2) is 0 Å². The summed E-state index contributed by atoms with van der Waals surface area (Å²) in [6.07, 6.45) is 1.51. The third kappa shape index (κ3) is 5.17. The summed E-state index contributed by atoms with van der Waals surface area (Å²) in [6, 6.07) is 18.4. The largest absolute Gasteiger partial charge is 0.392 e. The lowest BCUT2D eigenvalue weighted by molar-refractivity contribution is 0.0795. The zero-order chi connectivity index (χ0) is 20.8. The third-order valence-electron chi connectivity index (χ3n) is 5.75. The molecule has 156 valence electrons. The Morgan fingerprint density at radius 3 is 2.48 bits per heavy atom. The number of likely N-dealkylation sites (N-methyl/N-ethyl adjacent to an activating group) is 1. The molecule has 0 bridgehead atoms. The van der Waals surface area contributed by atoms with Crippen LogP contribution in [0.15, 0.2) is 54.6 Å². The fourth-order valence-corrected chi connectivity index (χ4v) is 4.12. The Bertz CT molecular complexity index is 796. The van der Waals surface area contributed by atoms with Gasteiger partial charge >= 0.3 is 0 Å². The topological polar surface area (TPSA) is 47.0 Å². The standard InChI is InChI=1S/C24H33N3O2/c1-4-15-25(2)24(29)21-12-8-9-13-22(21)26(3)23(19-10-6-5-7-11-19)18-27-16-14-20(28)17-27/h5-13,20,23,28H,4,14-18H2,1-3H3/t20-,23+/m0/s1. The number of aliphatic hydroxyl groups excluding tert-OH is 1. The summed E-state index contributed by atoms with van der Waals surface area (Å²) in [6.45, 7) is 5.24. The van der Waals surface area contributed by atoms with E-state index in [1.54, 1.807) is 4.90 Å². The summed E-state index contributed by atoms with van der Waals surface area (Å²) in [7, 11) is 3.93. The van der Waals surface area contributed by atoms with E-state index in [1.165, 1.54) is 5.56 Å². The number of likely N-dealkylation sites (tertiary alicyclic amines) is 1. The van der Waals surface area contributed by atoms with Crippen LogP contribution in [0.3, 0.4) is 0 Å². The molecule has 0 radical (unpaired) electrons. The number of aliphatic hydroxyl groups is 1. The maximum Gasteiger partial charge on any atom is 0.255 e. The number of amides is 1. The number of carbonyl (C=O) groups is 1. The van der Waals surface area contributed by atoms with Crippen molar-refractivity contribution in [3.05, 3.63) is 65.7 Å². The van der Waals surface area contributed by atoms with Gasteiger partial charge < -0.3 is 14.9 Å². The van der Waals surface area contributed by atoms with Crippen LogP contribution in [-0.2, 0) is 0 Å². The molecule has 0 saturated carbocycles. The minimum absolute atomic E-state index is 0.0534. The van der Waals surface area contributed by atoms with Crippen molar-refractivity contribution >= 4 is 11.6 Å². The molecule has 1 aliphatic rings. The smallest absolute Gasteiger partial charge is 0.255 e. The molecule has 2 aromatic rings. The molecule has 2 atom stereocenters. The Balaban J connectivity index is 1.91. The van der Waals surface area contributed by atoms with Gasteiger partial charge in [-0.1, -0.05) is 49.4 Å². The van der Waals surface area contributed by atoms with Crippen LogP contribution < -0.4 is 4.90 Å². The van der Waals surface area contributed by atoms with Crippen molar-refractivity contribution in [2.75, 3.05) is 45.2 Å². The number of benzene rings is 2. The van der Waals surface area contributed by atoms with E-state index >= 15 is 0 Å². The first-order valence-corrected chi connectivity index (χ1v) is 10.5. The van der Waals surface area contributed by atoms with Gasteiger partial charge in [0.25, 0.3) is 5.91 Å². The molecule has 1 amide bonds. The molecule has 0 aromatic heterocycles. The Kier molecular flexibility index (Phi) is 7.29. The molecule has 5 heteroatoms. The second-order valence-electron chi connectivity index (χ2n) is 7.98. The second-order valence-corrected chi connectivity index (χ2v) is 7.98. The zero-order valence-electron chi connectivity index (χ0n) is 17.8. The van der Waals surface area contributed by atoms with Gasteiger partial charge in [-0.2, -0.15) is 0 Å². The van der Waals surface area contributed by atoms with E-state index in [1.807, 2.05) is 37.4 Å². The van der Waals surface area contributed by atoms with E-state index in [-0.39, 0.29) is 18.1 Å². The van der Waals surface area contributed by atoms with Crippen molar-refractivity contribution in [1.82, 2.24) is 9.80 Å². The maximum absolute atomic E-state index is 13.1. The first-order valence-electron chi connectivity index (χ1n) is 10.5. The van der Waals surface area contributed by atoms with E-state index in [0.717, 1.165) is 43.7 Å². The van der Waals surface area contributed by atoms with Crippen molar-refractivity contribution < 1.29 is 9.90 Å². The van der Waals surface area contributed by atoms with E-state index in [2.05, 4.69) is 48.0 Å². The van der Waals surface area contributed by atoms with E-state index in [0.29, 0.717) is 6.54 Å². The van der Waals surface area contributed by atoms with Gasteiger partial charge in [-0.3, -0.25) is 9.69 Å². The molecule has 2 aromatic carbocycles. The lowest BCUT2D eigenvalue weighted by atomic mass is 10.0. The van der Waals surface area contributed by atoms with Gasteiger partial charge in [0, 0.05) is 46.0 Å². The molecule has 29 heavy (non-hydrogen) atoms. The van der Waals surface area contributed by atoms with Crippen LogP contribution in [0.5, 0.6) is 0 Å². The number of rotatable bonds is 8. The van der Waals surface area contributed by atoms with Crippen LogP contribution in [0.1, 0.15) is 41.7 Å². The van der Waals surface area contributed by atoms with Gasteiger partial charge in [-0.05, 0) is 30.5 Å². The summed E-state index contributed by atoms with van der Waals surface area (Å²) >= 11 is 0. The van der Waals surface area contributed by atoms with E-state index in [4.69, 9.17) is 0 Å². The molecule has 0 unspecified atom stereocenters. The molecule has 1 heterocycles. The highest BCUT2D eigenvalue weighted by atomic mass is 16.3. The summed E-state index contributed by atoms with van der Waals surface area (Å²) in [5.74, 6) is 0.0534. The van der Waals surface area contributed by atoms with Crippen LogP contribution >= 0.6 is 0 Å². The molecule has 1 N–H and O–H groups in total. The number of β-amino-alcohol motifs (C(OH)–C–C–N with tert-alkyl or cyclic N) is 1. The minimum Gasteiger partial charge on any atom is -0.392 e. The van der Waals surface area contributed by atoms with Gasteiger partial charge in [-0.25, -0.2) is 0 Å². The van der Waals surface area contributed by atoms with Gasteiger partial charge in [-0.15, -0.1) is 0 Å². The monoisotopic (exact) mass is 395 g/mol. The fourth-order valence-electron chi connectivity index (χ4n) is 4.12. The first-order chi connectivity index (χ1) is 14.0. The number of para-hydroxylation sites is 1. The second kappa shape index (κ2) is 9.90. The Morgan fingerprint density at radius 2 is 1.83 bits per heavy atom. The highest BCUT2D eigenvalue weighted by Gasteiger charge is 2.28. The molecule has 0 spiro atoms. The van der Waals surface area contributed by atoms with Gasteiger partial charge in [0.2, 0.25) is 0 Å². The lowest BCUT2D eigenvalue weighted by Gasteiger charge is -2.35. The first kappa shape index (κ1) is 21.3. The van der Waals surface area contributed by atoms with Crippen molar-refractivity contribution in [3.63, 3.8) is 0 Å². The minimum atomic E-state index is -0.242. The SMILES string of the molecule is CCCN(C)C(=O)c1ccccc1N(C)[C@H](CN1CC[C@H](O)C1)c1ccccc1. The van der Waals surface area contributed by atoms with Crippen LogP contribution in [0, 0.1) is 0 Å². The molecule has 1 saturated heterocycles. The number of hydrogen-bond acceptors (Lipinski definition) is 4. The molecule has 3 rings (SSSR count). The zero-order valence-corrected chi connectivity index (χ0v) is 17.8. The highest BCUT2D eigenvalue weighted by molar-refractivity contribution is 5.99. The fraction of sp³-hybridized carbons (Fsp3) is 0.458. The predicted octanol–water partition coefficient (Wildman–Crippen LogP) is 3.41. The van der Waals surface area contributed by atoms with Crippen molar-refractivity contribution in [2.45, 2.75) is 31.9 Å². The normalized spacial score (nSPS) is 17.9. The molecule has 1 fully saturated rings. The van der Waals surface area contributed by atoms with Crippen LogP contribution in [0.4, 0.5) is 5.69 Å². The van der Waals surface area contributed by atoms with Crippen molar-refractivity contribution in [1.29, 1.82) is 0 Å². The van der Waals surface area contributed by atoms with Crippen LogP contribution in [0.2, 0.25) is 0 Å². The van der Waals surface area contributed by atoms with E-state index in [9.17, 15) is 9.90 Å². The molecular formula is C24H33N3O2. The lowest BCUT2D eigenvalue weighted by Crippen LogP contribution is -2.37.